The van der Waals surface area contributed by atoms with Crippen LogP contribution >= 0.6 is 39.7 Å². The number of para-hydroxylation sites is 1. The number of benzene rings is 2. The molecule has 0 aliphatic carbocycles. The summed E-state index contributed by atoms with van der Waals surface area (Å²) >= 11 is 11.8. The Balaban J connectivity index is 1.56. The Morgan fingerprint density at radius 1 is 0.775 bits per heavy atom. The third-order valence-corrected chi connectivity index (χ3v) is 13.2. The highest BCUT2D eigenvalue weighted by molar-refractivity contribution is 9.07. The summed E-state index contributed by atoms with van der Waals surface area (Å²) in [5.41, 5.74) is 0.402. The molecule has 0 unspecified atom stereocenters. The number of nitrogens with one attached hydrogen (secondary N) is 5. The van der Waals surface area contributed by atoms with Gasteiger partial charge in [-0.15, -0.1) is 0 Å². The van der Waals surface area contributed by atoms with Crippen molar-refractivity contribution in [2.45, 2.75) is 147 Å². The second-order valence-corrected chi connectivity index (χ2v) is 22.4. The molecule has 18 nitrogen and oxygen atoms in total. The summed E-state index contributed by atoms with van der Waals surface area (Å²) in [6, 6.07) is 11.7. The van der Waals surface area contributed by atoms with Crippen LogP contribution in [0.15, 0.2) is 82.7 Å². The molecule has 5 N–H and O–H groups in total. The standard InChI is InChI=1S/C50H69BrClN9O9S/c1-48(2,3)68-45(65)53-24-16-15-20-36-43(64)58(10)38(28-33-31-59(47(67)70-50(7,8)9)37-22-13-12-19-34(33)37)42(63)56-30-39-44(61(52)27-26-60(39)51)71-40-23-14-11-18-32(40)29-55-35(41(62)57-36)21-17-25-54-46(66)69-49(4,5)6/h11-14,18-19,22-23,26-27,31,35-36,38,55H,15-17,20-21,24-25,28-30H2,1-10H3,(H,53,65)(H,54,66)(H,56,63)(H,57,62)/t35-,36-,38-/m0/s1. The Kier molecular flexibility index (Phi) is 19.7. The first-order chi connectivity index (χ1) is 33.3. The van der Waals surface area contributed by atoms with Crippen molar-refractivity contribution in [3.8, 4) is 0 Å². The van der Waals surface area contributed by atoms with Crippen molar-refractivity contribution < 1.29 is 43.0 Å². The molecule has 1 aromatic heterocycles. The van der Waals surface area contributed by atoms with E-state index in [1.165, 1.54) is 32.7 Å². The van der Waals surface area contributed by atoms with Gasteiger partial charge in [-0.3, -0.25) is 27.3 Å². The lowest BCUT2D eigenvalue weighted by atomic mass is 10.0. The van der Waals surface area contributed by atoms with Crippen LogP contribution in [0.3, 0.4) is 0 Å². The van der Waals surface area contributed by atoms with E-state index in [1.807, 2.05) is 36.4 Å². The average molecular weight is 1090 g/mol. The van der Waals surface area contributed by atoms with Crippen molar-refractivity contribution in [1.29, 1.82) is 0 Å². The SMILES string of the molecule is CN1C(=O)[C@H](CCCCNC(=O)OC(C)(C)C)NC(=O)[C@H](CCCNC(=O)OC(C)(C)C)NCc2ccccc2SC2=C(CNC(=O)[C@@H]1Cc1cn(C(=O)OC(C)(C)C)c3ccccc13)N(Br)C=CN2Cl. The number of ether oxygens (including phenoxy) is 3. The summed E-state index contributed by atoms with van der Waals surface area (Å²) < 4.78 is 21.1. The van der Waals surface area contributed by atoms with Crippen LogP contribution < -0.4 is 26.6 Å². The van der Waals surface area contributed by atoms with Gasteiger partial charge in [0.05, 0.1) is 39.9 Å². The van der Waals surface area contributed by atoms with E-state index in [2.05, 4.69) is 42.7 Å². The van der Waals surface area contributed by atoms with E-state index in [0.29, 0.717) is 46.5 Å². The molecule has 0 fully saturated rings. The number of thioether (sulfide) groups is 1. The maximum Gasteiger partial charge on any atom is 0.419 e. The van der Waals surface area contributed by atoms with E-state index in [9.17, 15) is 24.0 Å². The zero-order chi connectivity index (χ0) is 52.3. The Bertz CT molecular complexity index is 2460. The molecule has 0 bridgehead atoms. The highest BCUT2D eigenvalue weighted by Gasteiger charge is 2.36. The van der Waals surface area contributed by atoms with Crippen molar-refractivity contribution in [1.82, 2.24) is 44.4 Å². The highest BCUT2D eigenvalue weighted by Crippen LogP contribution is 2.39. The number of hydrogen-bond acceptors (Lipinski definition) is 13. The highest BCUT2D eigenvalue weighted by atomic mass is 79.9. The van der Waals surface area contributed by atoms with E-state index in [1.54, 1.807) is 97.0 Å². The number of likely N-dealkylation sites (N-methyl/N-ethyl adjacent to an activating group) is 1. The van der Waals surface area contributed by atoms with E-state index in [0.717, 1.165) is 10.5 Å². The van der Waals surface area contributed by atoms with Gasteiger partial charge in [0.1, 0.15) is 33.9 Å². The third-order valence-electron chi connectivity index (χ3n) is 10.9. The van der Waals surface area contributed by atoms with Gasteiger partial charge < -0.3 is 45.7 Å². The molecular weight excluding hydrogens is 1020 g/mol. The average Bonchev–Trinajstić information content (AvgIpc) is 3.64. The van der Waals surface area contributed by atoms with E-state index in [-0.39, 0.29) is 45.4 Å². The summed E-state index contributed by atoms with van der Waals surface area (Å²) in [5.74, 6) is -1.53. The zero-order valence-corrected chi connectivity index (χ0v) is 45.4. The Labute approximate surface area is 434 Å². The van der Waals surface area contributed by atoms with Crippen LogP contribution in [0, 0.1) is 0 Å². The van der Waals surface area contributed by atoms with Crippen molar-refractivity contribution in [2.24, 2.45) is 0 Å². The van der Waals surface area contributed by atoms with Gasteiger partial charge in [-0.05, 0) is 118 Å². The van der Waals surface area contributed by atoms with Gasteiger partial charge in [0.15, 0.2) is 0 Å². The van der Waals surface area contributed by atoms with Gasteiger partial charge >= 0.3 is 18.3 Å². The fraction of sp³-hybridized carbons (Fsp3) is 0.520. The molecule has 0 spiro atoms. The lowest BCUT2D eigenvalue weighted by molar-refractivity contribution is -0.142. The van der Waals surface area contributed by atoms with E-state index >= 15 is 4.79 Å². The largest absolute Gasteiger partial charge is 0.444 e. The fourth-order valence-corrected chi connectivity index (χ4v) is 9.48. The molecule has 3 heterocycles. The number of aromatic nitrogens is 1. The first-order valence-electron chi connectivity index (χ1n) is 23.7. The minimum absolute atomic E-state index is 0.0250. The molecule has 0 saturated carbocycles. The van der Waals surface area contributed by atoms with Gasteiger partial charge in [-0.1, -0.05) is 48.2 Å². The minimum atomic E-state index is -1.18. The van der Waals surface area contributed by atoms with Crippen LogP contribution in [-0.2, 0) is 41.6 Å². The van der Waals surface area contributed by atoms with Crippen LogP contribution in [0.25, 0.3) is 10.9 Å². The van der Waals surface area contributed by atoms with E-state index < -0.39 is 70.9 Å². The van der Waals surface area contributed by atoms with Crippen molar-refractivity contribution in [3.63, 3.8) is 0 Å². The molecular formula is C50H69BrClN9O9S. The maximum atomic E-state index is 15.1. The van der Waals surface area contributed by atoms with Crippen molar-refractivity contribution >= 4 is 86.6 Å². The number of amides is 5. The molecule has 388 valence electrons. The summed E-state index contributed by atoms with van der Waals surface area (Å²) in [6.45, 7) is 16.6. The Morgan fingerprint density at radius 2 is 1.38 bits per heavy atom. The summed E-state index contributed by atoms with van der Waals surface area (Å²) in [4.78, 5) is 85.4. The number of alkyl carbamates (subject to hydrolysis) is 2. The van der Waals surface area contributed by atoms with Gasteiger partial charge in [0.2, 0.25) is 17.7 Å². The number of halogens is 2. The van der Waals surface area contributed by atoms with Crippen LogP contribution in [-0.4, -0.2) is 115 Å². The van der Waals surface area contributed by atoms with Crippen LogP contribution in [0.4, 0.5) is 14.4 Å². The second kappa shape index (κ2) is 24.8. The molecule has 5 rings (SSSR count). The molecule has 0 radical (unpaired) electrons. The summed E-state index contributed by atoms with van der Waals surface area (Å²) in [5, 5.41) is 16.3. The molecule has 2 aliphatic heterocycles. The van der Waals surface area contributed by atoms with Gasteiger partial charge in [0.25, 0.3) is 0 Å². The van der Waals surface area contributed by atoms with Crippen LogP contribution in [0.1, 0.15) is 106 Å². The normalized spacial score (nSPS) is 18.8. The van der Waals surface area contributed by atoms with Crippen molar-refractivity contribution in [3.05, 3.63) is 89.0 Å². The maximum absolute atomic E-state index is 15.1. The quantitative estimate of drug-likeness (QED) is 0.0697. The zero-order valence-electron chi connectivity index (χ0n) is 42.3. The third kappa shape index (κ3) is 17.1. The summed E-state index contributed by atoms with van der Waals surface area (Å²) in [6.07, 6.45) is 4.79. The predicted octanol–water partition coefficient (Wildman–Crippen LogP) is 8.38. The topological polar surface area (TPSA) is 205 Å². The lowest BCUT2D eigenvalue weighted by Crippen LogP contribution is -2.57. The number of unbranched alkanes of at least 4 members (excludes halogenated alkanes) is 1. The van der Waals surface area contributed by atoms with Crippen LogP contribution in [0.2, 0.25) is 0 Å². The van der Waals surface area contributed by atoms with Crippen molar-refractivity contribution in [2.75, 3.05) is 26.7 Å². The second-order valence-electron chi connectivity index (χ2n) is 20.3. The Hall–Kier alpha value is -5.44. The van der Waals surface area contributed by atoms with Gasteiger partial charge in [-0.2, -0.15) is 0 Å². The molecule has 2 aromatic carbocycles. The molecule has 3 atom stereocenters. The Morgan fingerprint density at radius 3 is 2.04 bits per heavy atom. The molecule has 71 heavy (non-hydrogen) atoms. The lowest BCUT2D eigenvalue weighted by Gasteiger charge is -2.32. The van der Waals surface area contributed by atoms with Gasteiger partial charge in [-0.25, -0.2) is 14.4 Å². The molecule has 0 saturated heterocycles. The number of rotatable bonds is 11. The summed E-state index contributed by atoms with van der Waals surface area (Å²) in [7, 11) is 1.52. The predicted molar refractivity (Wildman–Crippen MR) is 278 cm³/mol. The smallest absolute Gasteiger partial charge is 0.419 e. The number of hydrogen-bond donors (Lipinski definition) is 5. The molecule has 5 amide bonds. The molecule has 3 aromatic rings. The van der Waals surface area contributed by atoms with Crippen LogP contribution in [0.5, 0.6) is 0 Å². The van der Waals surface area contributed by atoms with E-state index in [4.69, 9.17) is 26.0 Å². The number of carbonyl (C=O) groups excluding carboxylic acids is 6. The fourth-order valence-electron chi connectivity index (χ4n) is 7.65. The van der Waals surface area contributed by atoms with Gasteiger partial charge in [0, 0.05) is 73.8 Å². The first-order valence-corrected chi connectivity index (χ1v) is 25.6. The monoisotopic (exact) mass is 1090 g/mol. The molecule has 2 aliphatic rings. The minimum Gasteiger partial charge on any atom is -0.444 e. The number of nitrogens with zero attached hydrogens (tertiary/aromatic N) is 4. The molecule has 21 heteroatoms. The number of carbonyl (C=O) groups is 6. The first kappa shape index (κ1) is 56.5. The number of fused-ring (bicyclic) bond motifs is 2.